The maximum atomic E-state index is 12.2. The zero-order chi connectivity index (χ0) is 35.0. The van der Waals surface area contributed by atoms with E-state index >= 15 is 0 Å². The highest BCUT2D eigenvalue weighted by molar-refractivity contribution is 5.69. The van der Waals surface area contributed by atoms with Crippen molar-refractivity contribution >= 4 is 5.97 Å². The van der Waals surface area contributed by atoms with Crippen molar-refractivity contribution in [2.24, 2.45) is 0 Å². The number of hydrogen-bond donors (Lipinski definition) is 0. The summed E-state index contributed by atoms with van der Waals surface area (Å²) in [6, 6.07) is 0. The molecule has 0 fully saturated rings. The summed E-state index contributed by atoms with van der Waals surface area (Å²) < 4.78 is 5.60. The lowest BCUT2D eigenvalue weighted by molar-refractivity contribution is -0.144. The van der Waals surface area contributed by atoms with Crippen molar-refractivity contribution in [3.63, 3.8) is 0 Å². The Morgan fingerprint density at radius 1 is 0.458 bits per heavy atom. The Bertz CT molecular complexity index is 722. The topological polar surface area (TPSA) is 32.8 Å². The second-order valence-electron chi connectivity index (χ2n) is 14.1. The molecular formula is C44H82N2O2. The largest absolute Gasteiger partial charge is 0.464 e. The van der Waals surface area contributed by atoms with Gasteiger partial charge in [0.1, 0.15) is 6.61 Å². The smallest absolute Gasteiger partial charge is 0.305 e. The summed E-state index contributed by atoms with van der Waals surface area (Å²) in [5.74, 6) is -0.0424. The Morgan fingerprint density at radius 2 is 0.854 bits per heavy atom. The van der Waals surface area contributed by atoms with Crippen LogP contribution in [0.1, 0.15) is 181 Å². The van der Waals surface area contributed by atoms with Gasteiger partial charge in [-0.25, -0.2) is 0 Å². The van der Waals surface area contributed by atoms with Crippen molar-refractivity contribution in [1.29, 1.82) is 0 Å². The van der Waals surface area contributed by atoms with Crippen LogP contribution in [-0.2, 0) is 9.53 Å². The van der Waals surface area contributed by atoms with E-state index in [0.29, 0.717) is 13.0 Å². The number of carbonyl (C=O) groups excluding carboxylic acids is 1. The van der Waals surface area contributed by atoms with E-state index in [1.807, 2.05) is 14.1 Å². The first-order valence-electron chi connectivity index (χ1n) is 20.7. The van der Waals surface area contributed by atoms with E-state index < -0.39 is 0 Å². The molecule has 0 amide bonds. The second kappa shape index (κ2) is 39.8. The molecule has 0 atom stereocenters. The van der Waals surface area contributed by atoms with Crippen LogP contribution in [0.2, 0.25) is 0 Å². The number of unbranched alkanes of at least 4 members (excludes halogenated alkanes) is 18. The molecule has 0 saturated heterocycles. The van der Waals surface area contributed by atoms with Crippen LogP contribution in [0.25, 0.3) is 0 Å². The highest BCUT2D eigenvalue weighted by Crippen LogP contribution is 2.12. The van der Waals surface area contributed by atoms with Gasteiger partial charge in [-0.1, -0.05) is 140 Å². The van der Waals surface area contributed by atoms with Crippen LogP contribution < -0.4 is 0 Å². The molecule has 0 saturated carbocycles. The molecule has 4 nitrogen and oxygen atoms in total. The van der Waals surface area contributed by atoms with Crippen LogP contribution in [0.3, 0.4) is 0 Å². The zero-order valence-electron chi connectivity index (χ0n) is 32.8. The predicted molar refractivity (Wildman–Crippen MR) is 214 cm³/mol. The molecule has 0 N–H and O–H groups in total. The lowest BCUT2D eigenvalue weighted by Crippen LogP contribution is -2.30. The van der Waals surface area contributed by atoms with Gasteiger partial charge in [-0.15, -0.1) is 0 Å². The molecule has 48 heavy (non-hydrogen) atoms. The van der Waals surface area contributed by atoms with E-state index in [4.69, 9.17) is 4.74 Å². The molecule has 0 radical (unpaired) electrons. The van der Waals surface area contributed by atoms with Gasteiger partial charge in [0.2, 0.25) is 0 Å². The number of nitrogens with zero attached hydrogens (tertiary/aromatic N) is 2. The fourth-order valence-electron chi connectivity index (χ4n) is 5.88. The summed E-state index contributed by atoms with van der Waals surface area (Å²) >= 11 is 0. The molecule has 0 rings (SSSR count). The minimum absolute atomic E-state index is 0.0424. The lowest BCUT2D eigenvalue weighted by Gasteiger charge is -2.22. The summed E-state index contributed by atoms with van der Waals surface area (Å²) in [5, 5.41) is 0. The molecule has 0 aliphatic heterocycles. The van der Waals surface area contributed by atoms with Gasteiger partial charge in [0.15, 0.2) is 0 Å². The van der Waals surface area contributed by atoms with Gasteiger partial charge in [-0.05, 0) is 117 Å². The summed E-state index contributed by atoms with van der Waals surface area (Å²) in [6.07, 6.45) is 51.0. The van der Waals surface area contributed by atoms with E-state index in [2.05, 4.69) is 72.3 Å². The van der Waals surface area contributed by atoms with E-state index in [-0.39, 0.29) is 5.97 Å². The fraction of sp³-hybridized carbons (Fsp3) is 0.795. The van der Waals surface area contributed by atoms with Crippen LogP contribution in [0, 0.1) is 0 Å². The Kier molecular flexibility index (Phi) is 38.4. The molecule has 0 aromatic heterocycles. The maximum Gasteiger partial charge on any atom is 0.305 e. The monoisotopic (exact) mass is 671 g/mol. The number of esters is 1. The fourth-order valence-corrected chi connectivity index (χ4v) is 5.88. The molecule has 0 aliphatic carbocycles. The number of ether oxygens (including phenoxy) is 1. The van der Waals surface area contributed by atoms with Crippen LogP contribution >= 0.6 is 0 Å². The van der Waals surface area contributed by atoms with Crippen molar-refractivity contribution < 1.29 is 9.53 Å². The van der Waals surface area contributed by atoms with E-state index in [0.717, 1.165) is 45.4 Å². The van der Waals surface area contributed by atoms with Crippen molar-refractivity contribution in [3.8, 4) is 0 Å². The van der Waals surface area contributed by atoms with Crippen LogP contribution in [0.4, 0.5) is 0 Å². The van der Waals surface area contributed by atoms with Gasteiger partial charge in [-0.3, -0.25) is 9.69 Å². The van der Waals surface area contributed by atoms with E-state index in [1.54, 1.807) is 0 Å². The normalized spacial score (nSPS) is 12.4. The average Bonchev–Trinajstić information content (AvgIpc) is 3.07. The summed E-state index contributed by atoms with van der Waals surface area (Å²) in [4.78, 5) is 16.8. The Labute approximate surface area is 300 Å². The van der Waals surface area contributed by atoms with Crippen molar-refractivity contribution in [3.05, 3.63) is 48.6 Å². The van der Waals surface area contributed by atoms with E-state index in [1.165, 1.54) is 141 Å². The Morgan fingerprint density at radius 3 is 1.27 bits per heavy atom. The second-order valence-corrected chi connectivity index (χ2v) is 14.1. The van der Waals surface area contributed by atoms with Crippen molar-refractivity contribution in [2.75, 3.05) is 46.9 Å². The zero-order valence-corrected chi connectivity index (χ0v) is 32.8. The Balaban J connectivity index is 4.07. The summed E-state index contributed by atoms with van der Waals surface area (Å²) in [5.41, 5.74) is 0. The standard InChI is InChI=1S/C44H82N2O2/c1-5-7-9-11-13-15-17-19-21-23-25-27-29-31-33-35-40-46(42-43-48-44(47)38-37-39-45(3)4)41-36-34-32-30-28-26-24-22-20-18-16-14-12-10-8-6-2/h13-16,19-22H,5-12,17-18,23-43H2,1-4H3/b15-13-,16-14-,21-19-,22-20-. The third kappa shape index (κ3) is 38.8. The average molecular weight is 671 g/mol. The molecule has 0 heterocycles. The number of rotatable bonds is 37. The molecular weight excluding hydrogens is 588 g/mol. The predicted octanol–water partition coefficient (Wildman–Crippen LogP) is 12.8. The molecule has 0 spiro atoms. The number of carbonyl (C=O) groups is 1. The highest BCUT2D eigenvalue weighted by Gasteiger charge is 2.08. The van der Waals surface area contributed by atoms with E-state index in [9.17, 15) is 4.79 Å². The molecule has 0 aromatic carbocycles. The first kappa shape index (κ1) is 46.4. The molecule has 0 aromatic rings. The van der Waals surface area contributed by atoms with Gasteiger partial charge in [0.05, 0.1) is 0 Å². The van der Waals surface area contributed by atoms with Crippen molar-refractivity contribution in [2.45, 2.75) is 181 Å². The highest BCUT2D eigenvalue weighted by atomic mass is 16.5. The molecule has 0 aliphatic rings. The summed E-state index contributed by atoms with van der Waals surface area (Å²) in [6.45, 7) is 9.13. The first-order valence-corrected chi connectivity index (χ1v) is 20.7. The van der Waals surface area contributed by atoms with Gasteiger partial charge in [0.25, 0.3) is 0 Å². The van der Waals surface area contributed by atoms with Crippen molar-refractivity contribution in [1.82, 2.24) is 9.80 Å². The molecule has 0 bridgehead atoms. The lowest BCUT2D eigenvalue weighted by atomic mass is 10.1. The molecule has 280 valence electrons. The molecule has 0 unspecified atom stereocenters. The SMILES string of the molecule is CCCCC/C=C\C/C=C\CCCCCCCCN(CCCCCCCC/C=C\C/C=C\CCCCC)CCOC(=O)CCCN(C)C. The van der Waals surface area contributed by atoms with Gasteiger partial charge in [0, 0.05) is 13.0 Å². The van der Waals surface area contributed by atoms with Crippen LogP contribution in [0.5, 0.6) is 0 Å². The minimum Gasteiger partial charge on any atom is -0.464 e. The van der Waals surface area contributed by atoms with Gasteiger partial charge in [-0.2, -0.15) is 0 Å². The summed E-state index contributed by atoms with van der Waals surface area (Å²) in [7, 11) is 4.09. The number of hydrogen-bond acceptors (Lipinski definition) is 4. The minimum atomic E-state index is -0.0424. The van der Waals surface area contributed by atoms with Gasteiger partial charge < -0.3 is 9.64 Å². The third-order valence-electron chi connectivity index (χ3n) is 9.01. The quantitative estimate of drug-likeness (QED) is 0.0374. The van der Waals surface area contributed by atoms with Crippen LogP contribution in [-0.4, -0.2) is 62.7 Å². The van der Waals surface area contributed by atoms with Crippen LogP contribution in [0.15, 0.2) is 48.6 Å². The Hall–Kier alpha value is -1.65. The maximum absolute atomic E-state index is 12.2. The number of allylic oxidation sites excluding steroid dienone is 8. The van der Waals surface area contributed by atoms with Gasteiger partial charge >= 0.3 is 5.97 Å². The molecule has 4 heteroatoms. The third-order valence-corrected chi connectivity index (χ3v) is 9.01. The first-order chi connectivity index (χ1) is 23.6.